The Bertz CT molecular complexity index is 431. The van der Waals surface area contributed by atoms with E-state index >= 15 is 0 Å². The molecule has 1 aromatic rings. The summed E-state index contributed by atoms with van der Waals surface area (Å²) in [6, 6.07) is 6.04. The molecule has 4 nitrogen and oxygen atoms in total. The van der Waals surface area contributed by atoms with Gasteiger partial charge in [-0.05, 0) is 38.1 Å². The van der Waals surface area contributed by atoms with Crippen molar-refractivity contribution in [3.05, 3.63) is 23.8 Å². The van der Waals surface area contributed by atoms with Crippen molar-refractivity contribution in [1.29, 1.82) is 0 Å². The van der Waals surface area contributed by atoms with Gasteiger partial charge in [0.15, 0.2) is 11.5 Å². The maximum Gasteiger partial charge on any atom is 0.231 e. The normalized spacial score (nSPS) is 13.1. The van der Waals surface area contributed by atoms with Gasteiger partial charge in [0.05, 0.1) is 0 Å². The van der Waals surface area contributed by atoms with Gasteiger partial charge in [0.2, 0.25) is 6.79 Å². The standard InChI is InChI=1S/C14H19NO3/c1-11(16)5-7-15(2)8-6-12-3-4-13-14(9-12)18-10-17-13/h3-4,9H,5-8,10H2,1-2H3. The highest BCUT2D eigenvalue weighted by Gasteiger charge is 2.13. The van der Waals surface area contributed by atoms with Gasteiger partial charge < -0.3 is 14.4 Å². The molecule has 0 N–H and O–H groups in total. The average Bonchev–Trinajstić information content (AvgIpc) is 2.81. The molecule has 0 bridgehead atoms. The fourth-order valence-electron chi connectivity index (χ4n) is 1.88. The van der Waals surface area contributed by atoms with Crippen LogP contribution in [-0.4, -0.2) is 37.6 Å². The highest BCUT2D eigenvalue weighted by molar-refractivity contribution is 5.75. The Morgan fingerprint density at radius 2 is 2.06 bits per heavy atom. The molecule has 4 heteroatoms. The minimum atomic E-state index is 0.241. The van der Waals surface area contributed by atoms with Crippen molar-refractivity contribution in [1.82, 2.24) is 4.90 Å². The second-order valence-corrected chi connectivity index (χ2v) is 4.69. The number of fused-ring (bicyclic) bond motifs is 1. The Hall–Kier alpha value is -1.55. The predicted octanol–water partition coefficient (Wildman–Crippen LogP) is 1.87. The Morgan fingerprint density at radius 3 is 2.83 bits per heavy atom. The monoisotopic (exact) mass is 249 g/mol. The minimum Gasteiger partial charge on any atom is -0.454 e. The van der Waals surface area contributed by atoms with Crippen LogP contribution in [0, 0.1) is 0 Å². The van der Waals surface area contributed by atoms with Gasteiger partial charge >= 0.3 is 0 Å². The quantitative estimate of drug-likeness (QED) is 0.771. The number of hydrogen-bond donors (Lipinski definition) is 0. The third-order valence-electron chi connectivity index (χ3n) is 3.06. The fourth-order valence-corrected chi connectivity index (χ4v) is 1.88. The molecule has 0 aliphatic carbocycles. The van der Waals surface area contributed by atoms with Gasteiger partial charge in [0.1, 0.15) is 5.78 Å². The van der Waals surface area contributed by atoms with Gasteiger partial charge in [-0.2, -0.15) is 0 Å². The Balaban J connectivity index is 1.81. The van der Waals surface area contributed by atoms with Crippen LogP contribution in [0.3, 0.4) is 0 Å². The van der Waals surface area contributed by atoms with E-state index in [0.717, 1.165) is 31.0 Å². The summed E-state index contributed by atoms with van der Waals surface area (Å²) < 4.78 is 10.6. The smallest absolute Gasteiger partial charge is 0.231 e. The lowest BCUT2D eigenvalue weighted by atomic mass is 10.1. The van der Waals surface area contributed by atoms with Crippen molar-refractivity contribution in [2.75, 3.05) is 26.9 Å². The molecular weight excluding hydrogens is 230 g/mol. The van der Waals surface area contributed by atoms with E-state index in [0.29, 0.717) is 13.2 Å². The molecule has 0 aromatic heterocycles. The topological polar surface area (TPSA) is 38.8 Å². The van der Waals surface area contributed by atoms with E-state index in [9.17, 15) is 4.79 Å². The molecule has 0 fully saturated rings. The number of ether oxygens (including phenoxy) is 2. The minimum absolute atomic E-state index is 0.241. The van der Waals surface area contributed by atoms with Crippen molar-refractivity contribution in [2.24, 2.45) is 0 Å². The van der Waals surface area contributed by atoms with Crippen molar-refractivity contribution in [3.63, 3.8) is 0 Å². The number of benzene rings is 1. The first-order valence-corrected chi connectivity index (χ1v) is 6.21. The number of rotatable bonds is 6. The maximum absolute atomic E-state index is 10.9. The third kappa shape index (κ3) is 3.47. The second kappa shape index (κ2) is 5.87. The van der Waals surface area contributed by atoms with E-state index < -0.39 is 0 Å². The average molecular weight is 249 g/mol. The lowest BCUT2D eigenvalue weighted by Gasteiger charge is -2.15. The zero-order valence-electron chi connectivity index (χ0n) is 10.9. The van der Waals surface area contributed by atoms with Crippen molar-refractivity contribution in [2.45, 2.75) is 19.8 Å². The number of hydrogen-bond acceptors (Lipinski definition) is 4. The molecule has 98 valence electrons. The van der Waals surface area contributed by atoms with Gasteiger partial charge in [-0.1, -0.05) is 6.07 Å². The molecule has 0 saturated carbocycles. The predicted molar refractivity (Wildman–Crippen MR) is 69.1 cm³/mol. The Morgan fingerprint density at radius 1 is 1.28 bits per heavy atom. The van der Waals surface area contributed by atoms with Crippen LogP contribution in [0.5, 0.6) is 11.5 Å². The highest BCUT2D eigenvalue weighted by Crippen LogP contribution is 2.32. The summed E-state index contributed by atoms with van der Waals surface area (Å²) in [5, 5.41) is 0. The van der Waals surface area contributed by atoms with Gasteiger partial charge in [-0.3, -0.25) is 4.79 Å². The lowest BCUT2D eigenvalue weighted by molar-refractivity contribution is -0.117. The van der Waals surface area contributed by atoms with Crippen LogP contribution < -0.4 is 9.47 Å². The molecule has 0 spiro atoms. The van der Waals surface area contributed by atoms with Crippen molar-refractivity contribution >= 4 is 5.78 Å². The summed E-state index contributed by atoms with van der Waals surface area (Å²) in [4.78, 5) is 13.1. The Kier molecular flexibility index (Phi) is 4.20. The number of ketones is 1. The van der Waals surface area contributed by atoms with Crippen molar-refractivity contribution < 1.29 is 14.3 Å². The summed E-state index contributed by atoms with van der Waals surface area (Å²) in [5.41, 5.74) is 1.23. The highest BCUT2D eigenvalue weighted by atomic mass is 16.7. The summed E-state index contributed by atoms with van der Waals surface area (Å²) in [7, 11) is 2.04. The number of nitrogens with zero attached hydrogens (tertiary/aromatic N) is 1. The van der Waals surface area contributed by atoms with Crippen LogP contribution in [0.15, 0.2) is 18.2 Å². The zero-order chi connectivity index (χ0) is 13.0. The molecule has 0 unspecified atom stereocenters. The van der Waals surface area contributed by atoms with Gasteiger partial charge in [0, 0.05) is 19.5 Å². The molecule has 0 radical (unpaired) electrons. The molecule has 1 aromatic carbocycles. The van der Waals surface area contributed by atoms with Crippen LogP contribution in [0.1, 0.15) is 18.9 Å². The number of Topliss-reactive ketones (excluding diaryl/α,β-unsaturated/α-hetero) is 1. The SMILES string of the molecule is CC(=O)CCN(C)CCc1ccc2c(c1)OCO2. The number of carbonyl (C=O) groups excluding carboxylic acids is 1. The molecular formula is C14H19NO3. The summed E-state index contributed by atoms with van der Waals surface area (Å²) >= 11 is 0. The first-order chi connectivity index (χ1) is 8.65. The van der Waals surface area contributed by atoms with Crippen LogP contribution in [-0.2, 0) is 11.2 Å². The van der Waals surface area contributed by atoms with E-state index in [2.05, 4.69) is 11.0 Å². The molecule has 1 aliphatic rings. The van der Waals surface area contributed by atoms with Crippen LogP contribution in [0.25, 0.3) is 0 Å². The van der Waals surface area contributed by atoms with E-state index in [1.54, 1.807) is 6.92 Å². The van der Waals surface area contributed by atoms with Crippen LogP contribution in [0.2, 0.25) is 0 Å². The van der Waals surface area contributed by atoms with Gasteiger partial charge in [0.25, 0.3) is 0 Å². The molecule has 18 heavy (non-hydrogen) atoms. The first kappa shape index (κ1) is 12.9. The van der Waals surface area contributed by atoms with Crippen LogP contribution in [0.4, 0.5) is 0 Å². The van der Waals surface area contributed by atoms with Crippen molar-refractivity contribution in [3.8, 4) is 11.5 Å². The zero-order valence-corrected chi connectivity index (χ0v) is 10.9. The molecule has 0 atom stereocenters. The molecule has 1 heterocycles. The third-order valence-corrected chi connectivity index (χ3v) is 3.06. The summed E-state index contributed by atoms with van der Waals surface area (Å²) in [5.74, 6) is 1.90. The lowest BCUT2D eigenvalue weighted by Crippen LogP contribution is -2.23. The molecule has 0 amide bonds. The molecule has 0 saturated heterocycles. The summed E-state index contributed by atoms with van der Waals surface area (Å²) in [6.07, 6.45) is 1.57. The van der Waals surface area contributed by atoms with E-state index in [-0.39, 0.29) is 5.78 Å². The van der Waals surface area contributed by atoms with E-state index in [1.165, 1.54) is 5.56 Å². The summed E-state index contributed by atoms with van der Waals surface area (Å²) in [6.45, 7) is 3.70. The van der Waals surface area contributed by atoms with Crippen LogP contribution >= 0.6 is 0 Å². The van der Waals surface area contributed by atoms with E-state index in [4.69, 9.17) is 9.47 Å². The maximum atomic E-state index is 10.9. The Labute approximate surface area is 107 Å². The number of likely N-dealkylation sites (N-methyl/N-ethyl adjacent to an activating group) is 1. The largest absolute Gasteiger partial charge is 0.454 e. The fraction of sp³-hybridized carbons (Fsp3) is 0.500. The molecule has 2 rings (SSSR count). The van der Waals surface area contributed by atoms with Gasteiger partial charge in [-0.25, -0.2) is 0 Å². The first-order valence-electron chi connectivity index (χ1n) is 6.21. The second-order valence-electron chi connectivity index (χ2n) is 4.69. The van der Waals surface area contributed by atoms with Gasteiger partial charge in [-0.15, -0.1) is 0 Å². The molecule has 1 aliphatic heterocycles. The van der Waals surface area contributed by atoms with E-state index in [1.807, 2.05) is 19.2 Å². The number of carbonyl (C=O) groups is 1.